The van der Waals surface area contributed by atoms with Gasteiger partial charge in [0.1, 0.15) is 12.4 Å². The standard InChI is InChI=1S/C20H23ClN2O3/c1-14(20(25)16-4-8-18(9-5-16)22-15(2)24)23(3)12-13-26-19-10-6-17(21)7-11-19/h4-11,14H,12-13H2,1-3H3,(H,22,24)/t14-/m0/s1. The van der Waals surface area contributed by atoms with Gasteiger partial charge in [0.05, 0.1) is 6.04 Å². The van der Waals surface area contributed by atoms with Gasteiger partial charge >= 0.3 is 0 Å². The number of hydrogen-bond donors (Lipinski definition) is 1. The molecule has 1 atom stereocenters. The maximum Gasteiger partial charge on any atom is 0.221 e. The van der Waals surface area contributed by atoms with Crippen molar-refractivity contribution in [2.24, 2.45) is 0 Å². The summed E-state index contributed by atoms with van der Waals surface area (Å²) in [6.45, 7) is 4.39. The van der Waals surface area contributed by atoms with Crippen molar-refractivity contribution < 1.29 is 14.3 Å². The van der Waals surface area contributed by atoms with Gasteiger partial charge in [-0.2, -0.15) is 0 Å². The van der Waals surface area contributed by atoms with Crippen LogP contribution in [0.2, 0.25) is 5.02 Å². The highest BCUT2D eigenvalue weighted by Crippen LogP contribution is 2.16. The summed E-state index contributed by atoms with van der Waals surface area (Å²) in [7, 11) is 1.89. The van der Waals surface area contributed by atoms with Crippen molar-refractivity contribution in [1.29, 1.82) is 0 Å². The van der Waals surface area contributed by atoms with E-state index in [0.717, 1.165) is 5.75 Å². The minimum Gasteiger partial charge on any atom is -0.492 e. The van der Waals surface area contributed by atoms with Gasteiger partial charge in [-0.3, -0.25) is 14.5 Å². The summed E-state index contributed by atoms with van der Waals surface area (Å²) in [6, 6.07) is 13.8. The highest BCUT2D eigenvalue weighted by atomic mass is 35.5. The number of carbonyl (C=O) groups is 2. The number of hydrogen-bond acceptors (Lipinski definition) is 4. The van der Waals surface area contributed by atoms with E-state index in [0.29, 0.717) is 29.4 Å². The van der Waals surface area contributed by atoms with Crippen LogP contribution in [-0.2, 0) is 4.79 Å². The first-order chi connectivity index (χ1) is 12.4. The highest BCUT2D eigenvalue weighted by molar-refractivity contribution is 6.30. The van der Waals surface area contributed by atoms with Gasteiger partial charge < -0.3 is 10.1 Å². The normalized spacial score (nSPS) is 11.9. The number of nitrogens with zero attached hydrogens (tertiary/aromatic N) is 1. The Kier molecular flexibility index (Phi) is 7.18. The average molecular weight is 375 g/mol. The zero-order valence-electron chi connectivity index (χ0n) is 15.2. The molecule has 0 saturated carbocycles. The molecule has 138 valence electrons. The zero-order valence-corrected chi connectivity index (χ0v) is 15.9. The SMILES string of the molecule is CC(=O)Nc1ccc(C(=O)[C@H](C)N(C)CCOc2ccc(Cl)cc2)cc1. The summed E-state index contributed by atoms with van der Waals surface area (Å²) in [5.41, 5.74) is 1.28. The summed E-state index contributed by atoms with van der Waals surface area (Å²) < 4.78 is 5.67. The molecular weight excluding hydrogens is 352 g/mol. The lowest BCUT2D eigenvalue weighted by Crippen LogP contribution is -2.38. The quantitative estimate of drug-likeness (QED) is 0.712. The monoisotopic (exact) mass is 374 g/mol. The van der Waals surface area contributed by atoms with E-state index in [9.17, 15) is 9.59 Å². The Labute approximate surface area is 158 Å². The van der Waals surface area contributed by atoms with E-state index in [1.54, 1.807) is 36.4 Å². The second kappa shape index (κ2) is 9.36. The van der Waals surface area contributed by atoms with Crippen LogP contribution in [-0.4, -0.2) is 42.8 Å². The molecule has 0 spiro atoms. The van der Waals surface area contributed by atoms with Gasteiger partial charge in [0.15, 0.2) is 5.78 Å². The number of anilines is 1. The number of likely N-dealkylation sites (N-methyl/N-ethyl adjacent to an activating group) is 1. The fourth-order valence-corrected chi connectivity index (χ4v) is 2.52. The minimum atomic E-state index is -0.282. The number of benzene rings is 2. The molecule has 0 heterocycles. The smallest absolute Gasteiger partial charge is 0.221 e. The molecule has 1 N–H and O–H groups in total. The van der Waals surface area contributed by atoms with Crippen molar-refractivity contribution in [2.45, 2.75) is 19.9 Å². The largest absolute Gasteiger partial charge is 0.492 e. The molecule has 5 nitrogen and oxygen atoms in total. The molecule has 0 aliphatic rings. The summed E-state index contributed by atoms with van der Waals surface area (Å²) in [4.78, 5) is 25.6. The average Bonchev–Trinajstić information content (AvgIpc) is 2.62. The van der Waals surface area contributed by atoms with Gasteiger partial charge in [-0.1, -0.05) is 11.6 Å². The number of carbonyl (C=O) groups excluding carboxylic acids is 2. The van der Waals surface area contributed by atoms with E-state index in [-0.39, 0.29) is 17.7 Å². The summed E-state index contributed by atoms with van der Waals surface area (Å²) in [6.07, 6.45) is 0. The molecule has 0 unspecified atom stereocenters. The van der Waals surface area contributed by atoms with Crippen molar-refractivity contribution >= 4 is 29.0 Å². The maximum atomic E-state index is 12.6. The van der Waals surface area contributed by atoms with E-state index in [2.05, 4.69) is 5.32 Å². The Morgan fingerprint density at radius 3 is 2.31 bits per heavy atom. The number of Topliss-reactive ketones (excluding diaryl/α,β-unsaturated/α-hetero) is 1. The molecule has 26 heavy (non-hydrogen) atoms. The van der Waals surface area contributed by atoms with Crippen LogP contribution in [0.3, 0.4) is 0 Å². The van der Waals surface area contributed by atoms with Crippen LogP contribution in [0.5, 0.6) is 5.75 Å². The molecule has 2 aromatic carbocycles. The second-order valence-electron chi connectivity index (χ2n) is 6.08. The van der Waals surface area contributed by atoms with Crippen molar-refractivity contribution in [1.82, 2.24) is 4.90 Å². The van der Waals surface area contributed by atoms with Crippen LogP contribution >= 0.6 is 11.6 Å². The molecule has 1 amide bonds. The van der Waals surface area contributed by atoms with Crippen LogP contribution in [0.4, 0.5) is 5.69 Å². The van der Waals surface area contributed by atoms with Crippen molar-refractivity contribution in [3.63, 3.8) is 0 Å². The van der Waals surface area contributed by atoms with Gasteiger partial charge in [-0.05, 0) is 62.5 Å². The molecule has 0 radical (unpaired) electrons. The minimum absolute atomic E-state index is 0.0216. The third-order valence-electron chi connectivity index (χ3n) is 4.06. The Balaban J connectivity index is 1.86. The Morgan fingerprint density at radius 2 is 1.73 bits per heavy atom. The Morgan fingerprint density at radius 1 is 1.12 bits per heavy atom. The topological polar surface area (TPSA) is 58.6 Å². The number of ether oxygens (including phenoxy) is 1. The van der Waals surface area contributed by atoms with E-state index in [1.165, 1.54) is 6.92 Å². The fourth-order valence-electron chi connectivity index (χ4n) is 2.39. The van der Waals surface area contributed by atoms with Gasteiger partial charge in [0.25, 0.3) is 0 Å². The van der Waals surface area contributed by atoms with Crippen LogP contribution in [0.1, 0.15) is 24.2 Å². The molecule has 0 fully saturated rings. The van der Waals surface area contributed by atoms with Crippen LogP contribution in [0, 0.1) is 0 Å². The molecule has 6 heteroatoms. The number of amides is 1. The molecule has 0 aromatic heterocycles. The molecule has 2 aromatic rings. The lowest BCUT2D eigenvalue weighted by molar-refractivity contribution is -0.114. The molecule has 2 rings (SSSR count). The van der Waals surface area contributed by atoms with Crippen LogP contribution in [0.25, 0.3) is 0 Å². The maximum absolute atomic E-state index is 12.6. The Bertz CT molecular complexity index is 745. The Hall–Kier alpha value is -2.37. The summed E-state index contributed by atoms with van der Waals surface area (Å²) in [5, 5.41) is 3.35. The second-order valence-corrected chi connectivity index (χ2v) is 6.52. The molecular formula is C20H23ClN2O3. The van der Waals surface area contributed by atoms with Crippen molar-refractivity contribution in [2.75, 3.05) is 25.5 Å². The lowest BCUT2D eigenvalue weighted by atomic mass is 10.0. The number of rotatable bonds is 8. The lowest BCUT2D eigenvalue weighted by Gasteiger charge is -2.23. The van der Waals surface area contributed by atoms with E-state index in [4.69, 9.17) is 16.3 Å². The van der Waals surface area contributed by atoms with E-state index >= 15 is 0 Å². The molecule has 0 bridgehead atoms. The third kappa shape index (κ3) is 5.86. The van der Waals surface area contributed by atoms with Crippen LogP contribution in [0.15, 0.2) is 48.5 Å². The first-order valence-corrected chi connectivity index (χ1v) is 8.75. The van der Waals surface area contributed by atoms with E-state index in [1.807, 2.05) is 31.0 Å². The van der Waals surface area contributed by atoms with Gasteiger partial charge in [0, 0.05) is 29.7 Å². The third-order valence-corrected chi connectivity index (χ3v) is 4.31. The summed E-state index contributed by atoms with van der Waals surface area (Å²) >= 11 is 5.84. The predicted octanol–water partition coefficient (Wildman–Crippen LogP) is 3.88. The number of nitrogens with one attached hydrogen (secondary N) is 1. The zero-order chi connectivity index (χ0) is 19.1. The van der Waals surface area contributed by atoms with E-state index < -0.39 is 0 Å². The molecule has 0 aliphatic heterocycles. The molecule has 0 aliphatic carbocycles. The van der Waals surface area contributed by atoms with Gasteiger partial charge in [0.2, 0.25) is 5.91 Å². The highest BCUT2D eigenvalue weighted by Gasteiger charge is 2.19. The van der Waals surface area contributed by atoms with Crippen LogP contribution < -0.4 is 10.1 Å². The summed E-state index contributed by atoms with van der Waals surface area (Å²) in [5.74, 6) is 0.626. The fraction of sp³-hybridized carbons (Fsp3) is 0.300. The number of ketones is 1. The van der Waals surface area contributed by atoms with Crippen molar-refractivity contribution in [3.05, 3.63) is 59.1 Å². The first kappa shape index (κ1) is 19.9. The predicted molar refractivity (Wildman–Crippen MR) is 104 cm³/mol. The molecule has 0 saturated heterocycles. The van der Waals surface area contributed by atoms with Gasteiger partial charge in [-0.25, -0.2) is 0 Å². The first-order valence-electron chi connectivity index (χ1n) is 8.37. The number of halogens is 1. The van der Waals surface area contributed by atoms with Gasteiger partial charge in [-0.15, -0.1) is 0 Å². The van der Waals surface area contributed by atoms with Crippen molar-refractivity contribution in [3.8, 4) is 5.75 Å².